The van der Waals surface area contributed by atoms with E-state index in [1.807, 2.05) is 11.4 Å². The van der Waals surface area contributed by atoms with E-state index in [1.54, 1.807) is 11.3 Å². The minimum absolute atomic E-state index is 0.226. The van der Waals surface area contributed by atoms with E-state index >= 15 is 0 Å². The summed E-state index contributed by atoms with van der Waals surface area (Å²) in [7, 11) is 0. The molecule has 0 aliphatic heterocycles. The predicted molar refractivity (Wildman–Crippen MR) is 71.5 cm³/mol. The van der Waals surface area contributed by atoms with E-state index in [0.717, 1.165) is 28.0 Å². The van der Waals surface area contributed by atoms with Crippen molar-refractivity contribution in [3.63, 3.8) is 0 Å². The molecule has 7 heteroatoms. The largest absolute Gasteiger partial charge is 0.344 e. The van der Waals surface area contributed by atoms with Gasteiger partial charge in [-0.1, -0.05) is 0 Å². The second kappa shape index (κ2) is 4.81. The van der Waals surface area contributed by atoms with Crippen molar-refractivity contribution in [2.45, 2.75) is 25.3 Å². The SMILES string of the molecule is O=C(NCc1sccc1Br)c1n[nH]c(C2CC2)n1. The van der Waals surface area contributed by atoms with Crippen LogP contribution in [0, 0.1) is 0 Å². The number of halogens is 1. The van der Waals surface area contributed by atoms with Crippen LogP contribution in [0.25, 0.3) is 0 Å². The van der Waals surface area contributed by atoms with E-state index in [-0.39, 0.29) is 11.7 Å². The van der Waals surface area contributed by atoms with Gasteiger partial charge in [0.25, 0.3) is 5.91 Å². The molecule has 0 radical (unpaired) electrons. The van der Waals surface area contributed by atoms with Crippen molar-refractivity contribution in [2.24, 2.45) is 0 Å². The molecule has 0 spiro atoms. The Bertz CT molecular complexity index is 575. The maximum absolute atomic E-state index is 11.8. The van der Waals surface area contributed by atoms with Gasteiger partial charge in [-0.3, -0.25) is 9.89 Å². The third-order valence-corrected chi connectivity index (χ3v) is 4.70. The highest BCUT2D eigenvalue weighted by Crippen LogP contribution is 2.37. The number of amides is 1. The molecule has 1 amide bonds. The lowest BCUT2D eigenvalue weighted by Crippen LogP contribution is -2.23. The zero-order valence-corrected chi connectivity index (χ0v) is 11.8. The molecule has 1 aliphatic carbocycles. The summed E-state index contributed by atoms with van der Waals surface area (Å²) < 4.78 is 1.02. The van der Waals surface area contributed by atoms with Crippen LogP contribution in [0.2, 0.25) is 0 Å². The van der Waals surface area contributed by atoms with Crippen LogP contribution in [0.1, 0.15) is 40.1 Å². The summed E-state index contributed by atoms with van der Waals surface area (Å²) in [6.45, 7) is 0.490. The number of hydrogen-bond donors (Lipinski definition) is 2. The lowest BCUT2D eigenvalue weighted by Gasteiger charge is -2.00. The normalized spacial score (nSPS) is 14.7. The van der Waals surface area contributed by atoms with Crippen LogP contribution in [-0.2, 0) is 6.54 Å². The Labute approximate surface area is 116 Å². The average Bonchev–Trinajstić information content (AvgIpc) is 2.95. The van der Waals surface area contributed by atoms with Crippen molar-refractivity contribution in [2.75, 3.05) is 0 Å². The molecule has 0 unspecified atom stereocenters. The Morgan fingerprint density at radius 1 is 1.61 bits per heavy atom. The van der Waals surface area contributed by atoms with Crippen molar-refractivity contribution < 1.29 is 4.79 Å². The summed E-state index contributed by atoms with van der Waals surface area (Å²) in [6, 6.07) is 1.96. The number of aromatic nitrogens is 3. The monoisotopic (exact) mass is 326 g/mol. The van der Waals surface area contributed by atoms with Crippen LogP contribution in [0.3, 0.4) is 0 Å². The zero-order valence-electron chi connectivity index (χ0n) is 9.44. The molecule has 5 nitrogen and oxygen atoms in total. The first kappa shape index (κ1) is 11.9. The fourth-order valence-electron chi connectivity index (χ4n) is 1.61. The van der Waals surface area contributed by atoms with Gasteiger partial charge < -0.3 is 5.32 Å². The first-order valence-electron chi connectivity index (χ1n) is 5.66. The Morgan fingerprint density at radius 2 is 2.44 bits per heavy atom. The molecule has 1 saturated carbocycles. The summed E-state index contributed by atoms with van der Waals surface area (Å²) in [4.78, 5) is 17.1. The van der Waals surface area contributed by atoms with Gasteiger partial charge in [0.15, 0.2) is 0 Å². The highest BCUT2D eigenvalue weighted by Gasteiger charge is 2.28. The van der Waals surface area contributed by atoms with Gasteiger partial charge in [0.2, 0.25) is 5.82 Å². The summed E-state index contributed by atoms with van der Waals surface area (Å²) in [5, 5.41) is 11.6. The molecule has 1 aliphatic rings. The lowest BCUT2D eigenvalue weighted by atomic mass is 10.4. The first-order valence-corrected chi connectivity index (χ1v) is 7.33. The number of hydrogen-bond acceptors (Lipinski definition) is 4. The molecule has 0 aromatic carbocycles. The van der Waals surface area contributed by atoms with Crippen LogP contribution in [-0.4, -0.2) is 21.1 Å². The minimum atomic E-state index is -0.238. The van der Waals surface area contributed by atoms with Crippen LogP contribution in [0.15, 0.2) is 15.9 Å². The number of H-pyrrole nitrogens is 1. The van der Waals surface area contributed by atoms with Crippen molar-refractivity contribution in [3.05, 3.63) is 32.4 Å². The molecule has 94 valence electrons. The van der Waals surface area contributed by atoms with E-state index < -0.39 is 0 Å². The standard InChI is InChI=1S/C11H11BrN4OS/c12-7-3-4-18-8(7)5-13-11(17)10-14-9(15-16-10)6-1-2-6/h3-4,6H,1-2,5H2,(H,13,17)(H,14,15,16). The van der Waals surface area contributed by atoms with Crippen LogP contribution in [0.4, 0.5) is 0 Å². The number of thiophene rings is 1. The van der Waals surface area contributed by atoms with Crippen molar-refractivity contribution in [1.29, 1.82) is 0 Å². The summed E-state index contributed by atoms with van der Waals surface area (Å²) >= 11 is 5.02. The molecule has 2 heterocycles. The molecule has 1 fully saturated rings. The number of aromatic amines is 1. The van der Waals surface area contributed by atoms with Gasteiger partial charge in [-0.05, 0) is 40.2 Å². The van der Waals surface area contributed by atoms with Gasteiger partial charge in [0.1, 0.15) is 5.82 Å². The average molecular weight is 327 g/mol. The van der Waals surface area contributed by atoms with Gasteiger partial charge in [-0.15, -0.1) is 16.4 Å². The van der Waals surface area contributed by atoms with Gasteiger partial charge in [0.05, 0.1) is 6.54 Å². The third kappa shape index (κ3) is 2.46. The van der Waals surface area contributed by atoms with Gasteiger partial charge >= 0.3 is 0 Å². The van der Waals surface area contributed by atoms with E-state index in [4.69, 9.17) is 0 Å². The van der Waals surface area contributed by atoms with Crippen LogP contribution >= 0.6 is 27.3 Å². The maximum Gasteiger partial charge on any atom is 0.291 e. The van der Waals surface area contributed by atoms with E-state index in [0.29, 0.717) is 12.5 Å². The topological polar surface area (TPSA) is 70.7 Å². The second-order valence-corrected chi connectivity index (χ2v) is 6.05. The predicted octanol–water partition coefficient (Wildman–Crippen LogP) is 2.44. The lowest BCUT2D eigenvalue weighted by molar-refractivity contribution is 0.0941. The highest BCUT2D eigenvalue weighted by atomic mass is 79.9. The zero-order chi connectivity index (χ0) is 12.5. The number of rotatable bonds is 4. The molecule has 2 aromatic rings. The maximum atomic E-state index is 11.8. The van der Waals surface area contributed by atoms with Crippen LogP contribution in [0.5, 0.6) is 0 Å². The quantitative estimate of drug-likeness (QED) is 0.906. The molecular weight excluding hydrogens is 316 g/mol. The Balaban J connectivity index is 1.62. The summed E-state index contributed by atoms with van der Waals surface area (Å²) in [5.41, 5.74) is 0. The number of carbonyl (C=O) groups is 1. The Kier molecular flexibility index (Phi) is 3.17. The first-order chi connectivity index (χ1) is 8.74. The fourth-order valence-corrected chi connectivity index (χ4v) is 3.04. The molecule has 18 heavy (non-hydrogen) atoms. The van der Waals surface area contributed by atoms with Gasteiger partial charge in [-0.25, -0.2) is 4.98 Å². The third-order valence-electron chi connectivity index (χ3n) is 2.77. The number of nitrogens with one attached hydrogen (secondary N) is 2. The van der Waals surface area contributed by atoms with Crippen LogP contribution < -0.4 is 5.32 Å². The number of nitrogens with zero attached hydrogens (tertiary/aromatic N) is 2. The smallest absolute Gasteiger partial charge is 0.291 e. The Hall–Kier alpha value is -1.21. The van der Waals surface area contributed by atoms with E-state index in [9.17, 15) is 4.79 Å². The fraction of sp³-hybridized carbons (Fsp3) is 0.364. The molecule has 0 atom stereocenters. The Morgan fingerprint density at radius 3 is 3.11 bits per heavy atom. The molecule has 2 N–H and O–H groups in total. The molecule has 3 rings (SSSR count). The van der Waals surface area contributed by atoms with Gasteiger partial charge in [0, 0.05) is 15.3 Å². The highest BCUT2D eigenvalue weighted by molar-refractivity contribution is 9.10. The molecule has 2 aromatic heterocycles. The molecule has 0 bridgehead atoms. The van der Waals surface area contributed by atoms with E-state index in [2.05, 4.69) is 36.4 Å². The molecule has 0 saturated heterocycles. The van der Waals surface area contributed by atoms with E-state index in [1.165, 1.54) is 0 Å². The number of carbonyl (C=O) groups excluding carboxylic acids is 1. The van der Waals surface area contributed by atoms with Crippen molar-refractivity contribution >= 4 is 33.2 Å². The molecular formula is C11H11BrN4OS. The second-order valence-electron chi connectivity index (χ2n) is 4.19. The minimum Gasteiger partial charge on any atom is -0.344 e. The summed E-state index contributed by atoms with van der Waals surface area (Å²) in [6.07, 6.45) is 2.27. The van der Waals surface area contributed by atoms with Crippen molar-refractivity contribution in [1.82, 2.24) is 20.5 Å². The summed E-state index contributed by atoms with van der Waals surface area (Å²) in [5.74, 6) is 1.30. The van der Waals surface area contributed by atoms with Gasteiger partial charge in [-0.2, -0.15) is 0 Å². The van der Waals surface area contributed by atoms with Crippen molar-refractivity contribution in [3.8, 4) is 0 Å².